The molecule has 6 nitrogen and oxygen atoms in total. The van der Waals surface area contributed by atoms with Gasteiger partial charge in [-0.3, -0.25) is 14.8 Å². The van der Waals surface area contributed by atoms with Crippen LogP contribution in [0.1, 0.15) is 35.6 Å². The molecule has 0 saturated carbocycles. The minimum Gasteiger partial charge on any atom is -0.335 e. The second-order valence-electron chi connectivity index (χ2n) is 6.44. The summed E-state index contributed by atoms with van der Waals surface area (Å²) in [5.41, 5.74) is 2.81. The highest BCUT2D eigenvalue weighted by Gasteiger charge is 2.28. The van der Waals surface area contributed by atoms with Gasteiger partial charge in [-0.2, -0.15) is 5.10 Å². The van der Waals surface area contributed by atoms with E-state index in [4.69, 9.17) is 0 Å². The lowest BCUT2D eigenvalue weighted by molar-refractivity contribution is 0.0617. The highest BCUT2D eigenvalue weighted by atomic mass is 35.5. The van der Waals surface area contributed by atoms with E-state index in [1.807, 2.05) is 4.90 Å². The molecule has 1 saturated heterocycles. The predicted octanol–water partition coefficient (Wildman–Crippen LogP) is 1.31. The topological polar surface area (TPSA) is 64.3 Å². The highest BCUT2D eigenvalue weighted by Crippen LogP contribution is 2.18. The van der Waals surface area contributed by atoms with Gasteiger partial charge in [0.25, 0.3) is 5.91 Å². The van der Waals surface area contributed by atoms with Gasteiger partial charge in [0.05, 0.1) is 0 Å². The number of carbonyl (C=O) groups excluding carboxylic acids is 1. The number of halogens is 2. The van der Waals surface area contributed by atoms with Crippen molar-refractivity contribution >= 4 is 30.7 Å². The molecule has 0 unspecified atom stereocenters. The Morgan fingerprint density at radius 1 is 1.22 bits per heavy atom. The van der Waals surface area contributed by atoms with E-state index >= 15 is 0 Å². The Morgan fingerprint density at radius 3 is 2.57 bits per heavy atom. The highest BCUT2D eigenvalue weighted by molar-refractivity contribution is 5.94. The van der Waals surface area contributed by atoms with Gasteiger partial charge in [-0.25, -0.2) is 0 Å². The molecule has 8 heteroatoms. The predicted molar refractivity (Wildman–Crippen MR) is 95.7 cm³/mol. The van der Waals surface area contributed by atoms with Crippen LogP contribution in [0.3, 0.4) is 0 Å². The second-order valence-corrected chi connectivity index (χ2v) is 6.44. The fourth-order valence-electron chi connectivity index (χ4n) is 3.20. The van der Waals surface area contributed by atoms with Gasteiger partial charge in [0, 0.05) is 63.5 Å². The molecule has 0 bridgehead atoms. The molecule has 23 heavy (non-hydrogen) atoms. The van der Waals surface area contributed by atoms with Crippen molar-refractivity contribution in [3.05, 3.63) is 17.0 Å². The van der Waals surface area contributed by atoms with Crippen LogP contribution in [0.5, 0.6) is 0 Å². The maximum absolute atomic E-state index is 12.7. The first-order valence-corrected chi connectivity index (χ1v) is 7.93. The van der Waals surface area contributed by atoms with Crippen LogP contribution in [0, 0.1) is 5.92 Å². The average molecular weight is 364 g/mol. The molecule has 0 spiro atoms. The summed E-state index contributed by atoms with van der Waals surface area (Å²) in [6.07, 6.45) is 0.928. The lowest BCUT2D eigenvalue weighted by atomic mass is 10.1. The Kier molecular flexibility index (Phi) is 7.80. The molecule has 3 heterocycles. The first kappa shape index (κ1) is 20.2. The molecule has 0 atom stereocenters. The average Bonchev–Trinajstić information content (AvgIpc) is 2.90. The molecular weight excluding hydrogens is 337 g/mol. The fourth-order valence-corrected chi connectivity index (χ4v) is 3.20. The zero-order valence-corrected chi connectivity index (χ0v) is 15.4. The summed E-state index contributed by atoms with van der Waals surface area (Å²) in [4.78, 5) is 17.0. The van der Waals surface area contributed by atoms with Crippen LogP contribution in [-0.2, 0) is 13.0 Å². The number of rotatable bonds is 3. The monoisotopic (exact) mass is 363 g/mol. The van der Waals surface area contributed by atoms with E-state index in [0.717, 1.165) is 63.5 Å². The summed E-state index contributed by atoms with van der Waals surface area (Å²) < 4.78 is 0. The Balaban J connectivity index is 0.00000132. The van der Waals surface area contributed by atoms with Crippen molar-refractivity contribution in [1.29, 1.82) is 0 Å². The number of amides is 1. The van der Waals surface area contributed by atoms with E-state index in [1.165, 1.54) is 0 Å². The van der Waals surface area contributed by atoms with Crippen LogP contribution < -0.4 is 5.32 Å². The van der Waals surface area contributed by atoms with Crippen LogP contribution >= 0.6 is 24.8 Å². The van der Waals surface area contributed by atoms with E-state index in [-0.39, 0.29) is 30.7 Å². The molecule has 3 rings (SSSR count). The van der Waals surface area contributed by atoms with E-state index < -0.39 is 0 Å². The molecule has 1 aromatic rings. The van der Waals surface area contributed by atoms with Crippen LogP contribution in [0.2, 0.25) is 0 Å². The number of carbonyl (C=O) groups is 1. The number of aromatic amines is 1. The minimum atomic E-state index is 0. The van der Waals surface area contributed by atoms with Crippen molar-refractivity contribution in [3.8, 4) is 0 Å². The summed E-state index contributed by atoms with van der Waals surface area (Å²) in [5.74, 6) is 0.761. The Labute approximate surface area is 150 Å². The molecule has 0 aliphatic carbocycles. The van der Waals surface area contributed by atoms with Crippen LogP contribution in [0.25, 0.3) is 0 Å². The van der Waals surface area contributed by atoms with Gasteiger partial charge in [-0.05, 0) is 5.92 Å². The quantitative estimate of drug-likeness (QED) is 0.849. The van der Waals surface area contributed by atoms with Gasteiger partial charge in [0.1, 0.15) is 0 Å². The molecule has 1 fully saturated rings. The molecule has 132 valence electrons. The maximum Gasteiger partial charge on any atom is 0.274 e. The molecule has 2 N–H and O–H groups in total. The summed E-state index contributed by atoms with van der Waals surface area (Å²) >= 11 is 0. The second kappa shape index (κ2) is 8.87. The molecule has 1 amide bonds. The maximum atomic E-state index is 12.7. The van der Waals surface area contributed by atoms with Gasteiger partial charge < -0.3 is 10.2 Å². The van der Waals surface area contributed by atoms with E-state index in [0.29, 0.717) is 11.6 Å². The number of aromatic nitrogens is 2. The molecule has 0 radical (unpaired) electrons. The summed E-state index contributed by atoms with van der Waals surface area (Å²) in [6, 6.07) is 0. The van der Waals surface area contributed by atoms with Crippen molar-refractivity contribution in [1.82, 2.24) is 25.3 Å². The smallest absolute Gasteiger partial charge is 0.274 e. The van der Waals surface area contributed by atoms with Gasteiger partial charge >= 0.3 is 0 Å². The first-order valence-electron chi connectivity index (χ1n) is 7.93. The van der Waals surface area contributed by atoms with Crippen molar-refractivity contribution in [3.63, 3.8) is 0 Å². The third-order valence-electron chi connectivity index (χ3n) is 4.29. The lowest BCUT2D eigenvalue weighted by Gasteiger charge is -2.35. The van der Waals surface area contributed by atoms with Gasteiger partial charge in [0.15, 0.2) is 5.69 Å². The number of hydrogen-bond acceptors (Lipinski definition) is 4. The number of fused-ring (bicyclic) bond motifs is 1. The van der Waals surface area contributed by atoms with Crippen molar-refractivity contribution in [2.24, 2.45) is 5.92 Å². The standard InChI is InChI=1S/C15H25N5O.2ClH/c1-11(2)10-19-5-7-20(8-6-19)15(21)14-12-9-16-4-3-13(12)17-18-14;;/h11,16H,3-10H2,1-2H3,(H,17,18);2*1H. The number of piperazine rings is 1. The van der Waals surface area contributed by atoms with Crippen molar-refractivity contribution in [2.75, 3.05) is 39.3 Å². The zero-order chi connectivity index (χ0) is 14.8. The molecule has 1 aromatic heterocycles. The first-order chi connectivity index (χ1) is 10.1. The SMILES string of the molecule is CC(C)CN1CCN(C(=O)c2n[nH]c3c2CNCC3)CC1.Cl.Cl. The number of nitrogens with zero attached hydrogens (tertiary/aromatic N) is 3. The third kappa shape index (κ3) is 4.59. The molecular formula is C15H27Cl2N5O. The van der Waals surface area contributed by atoms with E-state index in [2.05, 4.69) is 34.3 Å². The molecule has 2 aliphatic heterocycles. The third-order valence-corrected chi connectivity index (χ3v) is 4.29. The molecule has 0 aromatic carbocycles. The Morgan fingerprint density at radius 2 is 1.91 bits per heavy atom. The van der Waals surface area contributed by atoms with Crippen molar-refractivity contribution in [2.45, 2.75) is 26.8 Å². The van der Waals surface area contributed by atoms with E-state index in [1.54, 1.807) is 0 Å². The number of H-pyrrole nitrogens is 1. The fraction of sp³-hybridized carbons (Fsp3) is 0.733. The summed E-state index contributed by atoms with van der Waals surface area (Å²) in [5, 5.41) is 10.6. The summed E-state index contributed by atoms with van der Waals surface area (Å²) in [6.45, 7) is 10.8. The largest absolute Gasteiger partial charge is 0.335 e. The number of hydrogen-bond donors (Lipinski definition) is 2. The normalized spacial score (nSPS) is 18.1. The van der Waals surface area contributed by atoms with Crippen LogP contribution in [0.15, 0.2) is 0 Å². The zero-order valence-electron chi connectivity index (χ0n) is 13.8. The van der Waals surface area contributed by atoms with Crippen LogP contribution in [0.4, 0.5) is 0 Å². The van der Waals surface area contributed by atoms with Crippen molar-refractivity contribution < 1.29 is 4.79 Å². The summed E-state index contributed by atoms with van der Waals surface area (Å²) in [7, 11) is 0. The van der Waals surface area contributed by atoms with Gasteiger partial charge in [0.2, 0.25) is 0 Å². The Bertz CT molecular complexity index is 512. The van der Waals surface area contributed by atoms with E-state index in [9.17, 15) is 4.79 Å². The van der Waals surface area contributed by atoms with Gasteiger partial charge in [-0.1, -0.05) is 13.8 Å². The molecule has 2 aliphatic rings. The lowest BCUT2D eigenvalue weighted by Crippen LogP contribution is -2.49. The van der Waals surface area contributed by atoms with Crippen LogP contribution in [-0.4, -0.2) is 65.2 Å². The Hall–Kier alpha value is -0.820. The number of nitrogens with one attached hydrogen (secondary N) is 2. The van der Waals surface area contributed by atoms with Gasteiger partial charge in [-0.15, -0.1) is 24.8 Å². The minimum absolute atomic E-state index is 0.